The second kappa shape index (κ2) is 6.39. The Balaban J connectivity index is 4.35. The Hall–Kier alpha value is -1.13. The van der Waals surface area contributed by atoms with Crippen molar-refractivity contribution < 1.29 is 14.6 Å². The van der Waals surface area contributed by atoms with E-state index in [1.54, 1.807) is 13.2 Å². The first-order chi connectivity index (χ1) is 6.11. The molecule has 13 heavy (non-hydrogen) atoms. The van der Waals surface area contributed by atoms with Crippen LogP contribution < -0.4 is 5.73 Å². The molecule has 0 bridgehead atoms. The second-order valence-electron chi connectivity index (χ2n) is 2.50. The molecule has 0 rings (SSSR count). The van der Waals surface area contributed by atoms with Gasteiger partial charge in [0.15, 0.2) is 0 Å². The zero-order valence-electron chi connectivity index (χ0n) is 7.86. The standard InChI is InChI=1S/C9H15NO3/c1-7(13-2)3-4-8(5-6-10)9(11)12/h3-5,7H,6,10H2,1-2H3,(H,11,12)/b4-3-,8-5+. The van der Waals surface area contributed by atoms with Gasteiger partial charge in [0.05, 0.1) is 11.7 Å². The number of carboxylic acid groups (broad SMARTS) is 1. The number of rotatable bonds is 5. The minimum Gasteiger partial charge on any atom is -0.478 e. The lowest BCUT2D eigenvalue weighted by Gasteiger charge is -2.01. The van der Waals surface area contributed by atoms with E-state index in [4.69, 9.17) is 15.6 Å². The van der Waals surface area contributed by atoms with Gasteiger partial charge in [0.25, 0.3) is 0 Å². The summed E-state index contributed by atoms with van der Waals surface area (Å²) in [5.41, 5.74) is 5.39. The number of hydrogen-bond donors (Lipinski definition) is 2. The topological polar surface area (TPSA) is 72.5 Å². The van der Waals surface area contributed by atoms with Gasteiger partial charge in [0, 0.05) is 13.7 Å². The van der Waals surface area contributed by atoms with Crippen molar-refractivity contribution in [1.29, 1.82) is 0 Å². The Kier molecular flexibility index (Phi) is 5.84. The van der Waals surface area contributed by atoms with Gasteiger partial charge in [0.1, 0.15) is 0 Å². The van der Waals surface area contributed by atoms with Crippen LogP contribution in [0.5, 0.6) is 0 Å². The van der Waals surface area contributed by atoms with Crippen LogP contribution in [0.2, 0.25) is 0 Å². The molecular weight excluding hydrogens is 170 g/mol. The Morgan fingerprint density at radius 3 is 2.69 bits per heavy atom. The van der Waals surface area contributed by atoms with E-state index in [2.05, 4.69) is 0 Å². The van der Waals surface area contributed by atoms with Gasteiger partial charge < -0.3 is 15.6 Å². The number of ether oxygens (including phenoxy) is 1. The maximum Gasteiger partial charge on any atom is 0.335 e. The average Bonchev–Trinajstić information content (AvgIpc) is 2.11. The highest BCUT2D eigenvalue weighted by molar-refractivity contribution is 5.89. The monoisotopic (exact) mass is 185 g/mol. The highest BCUT2D eigenvalue weighted by atomic mass is 16.5. The van der Waals surface area contributed by atoms with Crippen molar-refractivity contribution in [2.75, 3.05) is 13.7 Å². The van der Waals surface area contributed by atoms with Crippen LogP contribution >= 0.6 is 0 Å². The predicted molar refractivity (Wildman–Crippen MR) is 50.4 cm³/mol. The third-order valence-corrected chi connectivity index (χ3v) is 1.50. The molecular formula is C9H15NO3. The lowest BCUT2D eigenvalue weighted by molar-refractivity contribution is -0.132. The maximum absolute atomic E-state index is 10.6. The molecule has 0 aliphatic carbocycles. The van der Waals surface area contributed by atoms with E-state index in [1.165, 1.54) is 12.2 Å². The van der Waals surface area contributed by atoms with Crippen molar-refractivity contribution in [3.63, 3.8) is 0 Å². The van der Waals surface area contributed by atoms with Crippen LogP contribution in [0.4, 0.5) is 0 Å². The van der Waals surface area contributed by atoms with Crippen LogP contribution in [0.25, 0.3) is 0 Å². The van der Waals surface area contributed by atoms with Crippen LogP contribution in [-0.4, -0.2) is 30.8 Å². The minimum atomic E-state index is -0.981. The summed E-state index contributed by atoms with van der Waals surface area (Å²) < 4.78 is 4.92. The third-order valence-electron chi connectivity index (χ3n) is 1.50. The molecule has 1 atom stereocenters. The van der Waals surface area contributed by atoms with E-state index < -0.39 is 5.97 Å². The smallest absolute Gasteiger partial charge is 0.335 e. The first kappa shape index (κ1) is 11.9. The van der Waals surface area contributed by atoms with Crippen LogP contribution in [-0.2, 0) is 9.53 Å². The van der Waals surface area contributed by atoms with Crippen LogP contribution in [0, 0.1) is 0 Å². The van der Waals surface area contributed by atoms with E-state index in [0.717, 1.165) is 0 Å². The number of methoxy groups -OCH3 is 1. The van der Waals surface area contributed by atoms with E-state index >= 15 is 0 Å². The normalized spacial score (nSPS) is 14.8. The lowest BCUT2D eigenvalue weighted by atomic mass is 10.2. The van der Waals surface area contributed by atoms with Crippen molar-refractivity contribution in [1.82, 2.24) is 0 Å². The quantitative estimate of drug-likeness (QED) is 0.484. The van der Waals surface area contributed by atoms with E-state index in [-0.39, 0.29) is 18.2 Å². The minimum absolute atomic E-state index is 0.0967. The molecule has 0 amide bonds. The predicted octanol–water partition coefficient (Wildman–Crippen LogP) is 0.547. The highest BCUT2D eigenvalue weighted by Crippen LogP contribution is 1.99. The fourth-order valence-electron chi connectivity index (χ4n) is 0.671. The second-order valence-corrected chi connectivity index (χ2v) is 2.50. The summed E-state index contributed by atoms with van der Waals surface area (Å²) in [6, 6.07) is 0. The molecule has 0 aromatic carbocycles. The van der Waals surface area contributed by atoms with Crippen molar-refractivity contribution in [2.45, 2.75) is 13.0 Å². The Labute approximate surface area is 77.7 Å². The molecule has 0 saturated heterocycles. The summed E-state index contributed by atoms with van der Waals surface area (Å²) in [4.78, 5) is 10.6. The molecule has 4 heteroatoms. The summed E-state index contributed by atoms with van der Waals surface area (Å²) in [6.07, 6.45) is 4.50. The molecule has 0 heterocycles. The molecule has 4 nitrogen and oxygen atoms in total. The van der Waals surface area contributed by atoms with E-state index in [9.17, 15) is 4.79 Å². The molecule has 0 aliphatic heterocycles. The molecule has 0 aromatic rings. The molecule has 0 spiro atoms. The van der Waals surface area contributed by atoms with Crippen molar-refractivity contribution in [3.8, 4) is 0 Å². The Morgan fingerprint density at radius 1 is 1.69 bits per heavy atom. The zero-order chi connectivity index (χ0) is 10.3. The first-order valence-electron chi connectivity index (χ1n) is 3.96. The van der Waals surface area contributed by atoms with Crippen LogP contribution in [0.1, 0.15) is 6.92 Å². The fraction of sp³-hybridized carbons (Fsp3) is 0.444. The van der Waals surface area contributed by atoms with Crippen LogP contribution in [0.3, 0.4) is 0 Å². The van der Waals surface area contributed by atoms with Gasteiger partial charge in [-0.15, -0.1) is 0 Å². The number of hydrogen-bond acceptors (Lipinski definition) is 3. The summed E-state index contributed by atoms with van der Waals surface area (Å²) in [6.45, 7) is 2.03. The lowest BCUT2D eigenvalue weighted by Crippen LogP contribution is -2.04. The Morgan fingerprint density at radius 2 is 2.31 bits per heavy atom. The summed E-state index contributed by atoms with van der Waals surface area (Å²) in [5, 5.41) is 8.67. The molecule has 0 aromatic heterocycles. The average molecular weight is 185 g/mol. The van der Waals surface area contributed by atoms with E-state index in [1.807, 2.05) is 6.92 Å². The van der Waals surface area contributed by atoms with Crippen LogP contribution in [0.15, 0.2) is 23.8 Å². The Bertz CT molecular complexity index is 221. The zero-order valence-corrected chi connectivity index (χ0v) is 7.86. The third kappa shape index (κ3) is 5.16. The van der Waals surface area contributed by atoms with E-state index in [0.29, 0.717) is 0 Å². The number of carbonyl (C=O) groups is 1. The molecule has 0 aliphatic rings. The van der Waals surface area contributed by atoms with Crippen molar-refractivity contribution >= 4 is 5.97 Å². The summed E-state index contributed by atoms with van der Waals surface area (Å²) >= 11 is 0. The van der Waals surface area contributed by atoms with Gasteiger partial charge in [-0.3, -0.25) is 0 Å². The molecule has 0 fully saturated rings. The number of nitrogens with two attached hydrogens (primary N) is 1. The first-order valence-corrected chi connectivity index (χ1v) is 3.96. The van der Waals surface area contributed by atoms with Crippen molar-refractivity contribution in [3.05, 3.63) is 23.8 Å². The van der Waals surface area contributed by atoms with Gasteiger partial charge in [0.2, 0.25) is 0 Å². The molecule has 1 unspecified atom stereocenters. The summed E-state index contributed by atoms with van der Waals surface area (Å²) in [5.74, 6) is -0.981. The van der Waals surface area contributed by atoms with Gasteiger partial charge >= 0.3 is 5.97 Å². The van der Waals surface area contributed by atoms with Crippen molar-refractivity contribution in [2.24, 2.45) is 5.73 Å². The summed E-state index contributed by atoms with van der Waals surface area (Å²) in [7, 11) is 1.56. The van der Waals surface area contributed by atoms with Gasteiger partial charge in [-0.1, -0.05) is 12.2 Å². The van der Waals surface area contributed by atoms with Gasteiger partial charge in [-0.2, -0.15) is 0 Å². The SMILES string of the molecule is COC(C)/C=C\C(=C/CN)C(=O)O. The fourth-order valence-corrected chi connectivity index (χ4v) is 0.671. The number of carboxylic acids is 1. The molecule has 3 N–H and O–H groups in total. The number of aliphatic carboxylic acids is 1. The largest absolute Gasteiger partial charge is 0.478 e. The van der Waals surface area contributed by atoms with Gasteiger partial charge in [-0.25, -0.2) is 4.79 Å². The highest BCUT2D eigenvalue weighted by Gasteiger charge is 2.01. The van der Waals surface area contributed by atoms with Gasteiger partial charge in [-0.05, 0) is 13.0 Å². The molecule has 0 saturated carbocycles. The molecule has 0 radical (unpaired) electrons. The maximum atomic E-state index is 10.6. The molecule has 74 valence electrons.